The van der Waals surface area contributed by atoms with E-state index in [2.05, 4.69) is 24.4 Å². The number of hydrogen-bond acceptors (Lipinski definition) is 2. The molecule has 0 heterocycles. The second-order valence-electron chi connectivity index (χ2n) is 6.96. The van der Waals surface area contributed by atoms with E-state index in [0.717, 1.165) is 33.0 Å². The minimum atomic E-state index is -0.223. The minimum absolute atomic E-state index is 0.00134. The van der Waals surface area contributed by atoms with Crippen molar-refractivity contribution >= 4 is 23.2 Å². The molecule has 2 N–H and O–H groups in total. The molecule has 0 saturated heterocycles. The summed E-state index contributed by atoms with van der Waals surface area (Å²) < 4.78 is 5.41. The first kappa shape index (κ1) is 20.3. The highest BCUT2D eigenvalue weighted by molar-refractivity contribution is 6.30. The molecule has 0 spiro atoms. The van der Waals surface area contributed by atoms with E-state index in [1.54, 1.807) is 13.2 Å². The van der Waals surface area contributed by atoms with Crippen LogP contribution in [0.4, 0.5) is 5.69 Å². The molecule has 4 nitrogen and oxygen atoms in total. The molecule has 0 radical (unpaired) electrons. The van der Waals surface area contributed by atoms with Crippen molar-refractivity contribution in [1.29, 1.82) is 0 Å². The maximum absolute atomic E-state index is 12.8. The SMILES string of the molecule is COc1ccc(Cl)cc1C[NH+](C)[C@@H](C)C(=O)Nc1c(C)cc(C)cc1C. The van der Waals surface area contributed by atoms with Crippen molar-refractivity contribution in [2.75, 3.05) is 19.5 Å². The summed E-state index contributed by atoms with van der Waals surface area (Å²) in [5, 5.41) is 3.76. The Labute approximate surface area is 161 Å². The number of likely N-dealkylation sites (N-methyl/N-ethyl adjacent to an activating group) is 1. The standard InChI is InChI=1S/C21H27ClN2O2/c1-13-9-14(2)20(15(3)10-13)23-21(25)16(4)24(5)12-17-11-18(22)7-8-19(17)26-6/h7-11,16H,12H2,1-6H3,(H,23,25)/p+1/t16-/m0/s1. The van der Waals surface area contributed by atoms with Crippen molar-refractivity contribution in [3.8, 4) is 5.75 Å². The fourth-order valence-corrected chi connectivity index (χ4v) is 3.37. The molecule has 2 rings (SSSR count). The number of anilines is 1. The summed E-state index contributed by atoms with van der Waals surface area (Å²) in [7, 11) is 3.64. The molecule has 0 aliphatic rings. The first-order valence-corrected chi connectivity index (χ1v) is 9.14. The van der Waals surface area contributed by atoms with Crippen LogP contribution in [0.2, 0.25) is 5.02 Å². The maximum atomic E-state index is 12.8. The molecular weight excluding hydrogens is 348 g/mol. The first-order valence-electron chi connectivity index (χ1n) is 8.76. The molecule has 0 saturated carbocycles. The van der Waals surface area contributed by atoms with Gasteiger partial charge in [-0.15, -0.1) is 0 Å². The van der Waals surface area contributed by atoms with Crippen LogP contribution < -0.4 is 15.0 Å². The molecule has 0 aromatic heterocycles. The topological polar surface area (TPSA) is 42.8 Å². The number of methoxy groups -OCH3 is 1. The van der Waals surface area contributed by atoms with Gasteiger partial charge in [-0.2, -0.15) is 0 Å². The predicted octanol–water partition coefficient (Wildman–Crippen LogP) is 3.32. The van der Waals surface area contributed by atoms with Gasteiger partial charge < -0.3 is 15.0 Å². The Kier molecular flexibility index (Phi) is 6.68. The Hall–Kier alpha value is -2.04. The van der Waals surface area contributed by atoms with E-state index in [1.807, 2.05) is 40.0 Å². The van der Waals surface area contributed by atoms with Gasteiger partial charge in [-0.3, -0.25) is 4.79 Å². The number of rotatable bonds is 6. The Balaban J connectivity index is 2.12. The van der Waals surface area contributed by atoms with Crippen molar-refractivity contribution in [3.05, 3.63) is 57.6 Å². The number of halogens is 1. The zero-order valence-corrected chi connectivity index (χ0v) is 17.1. The van der Waals surface area contributed by atoms with E-state index in [4.69, 9.17) is 16.3 Å². The van der Waals surface area contributed by atoms with Crippen LogP contribution in [0.25, 0.3) is 0 Å². The van der Waals surface area contributed by atoms with Gasteiger partial charge in [-0.1, -0.05) is 29.3 Å². The molecule has 0 fully saturated rings. The number of amides is 1. The molecule has 2 aromatic carbocycles. The van der Waals surface area contributed by atoms with Crippen molar-refractivity contribution in [2.24, 2.45) is 0 Å². The van der Waals surface area contributed by atoms with Crippen LogP contribution in [-0.2, 0) is 11.3 Å². The molecule has 0 bridgehead atoms. The van der Waals surface area contributed by atoms with Gasteiger partial charge in [0, 0.05) is 16.3 Å². The number of benzene rings is 2. The van der Waals surface area contributed by atoms with E-state index in [1.165, 1.54) is 5.56 Å². The number of ether oxygens (including phenoxy) is 1. The molecule has 2 atom stereocenters. The highest BCUT2D eigenvalue weighted by atomic mass is 35.5. The fraction of sp³-hybridized carbons (Fsp3) is 0.381. The second kappa shape index (κ2) is 8.56. The van der Waals surface area contributed by atoms with Crippen LogP contribution in [0.15, 0.2) is 30.3 Å². The van der Waals surface area contributed by atoms with Crippen LogP contribution in [0.1, 0.15) is 29.2 Å². The van der Waals surface area contributed by atoms with Crippen LogP contribution in [0.5, 0.6) is 5.75 Å². The Morgan fingerprint density at radius 3 is 2.38 bits per heavy atom. The van der Waals surface area contributed by atoms with E-state index in [0.29, 0.717) is 11.6 Å². The molecule has 5 heteroatoms. The van der Waals surface area contributed by atoms with Gasteiger partial charge in [0.2, 0.25) is 0 Å². The lowest BCUT2D eigenvalue weighted by Crippen LogP contribution is -3.12. The van der Waals surface area contributed by atoms with Gasteiger partial charge in [-0.05, 0) is 57.0 Å². The summed E-state index contributed by atoms with van der Waals surface area (Å²) in [6.45, 7) is 8.68. The zero-order chi connectivity index (χ0) is 19.4. The van der Waals surface area contributed by atoms with Gasteiger partial charge in [0.25, 0.3) is 5.91 Å². The monoisotopic (exact) mass is 375 g/mol. The van der Waals surface area contributed by atoms with Crippen molar-refractivity contribution in [2.45, 2.75) is 40.3 Å². The van der Waals surface area contributed by atoms with E-state index in [9.17, 15) is 4.79 Å². The lowest BCUT2D eigenvalue weighted by Gasteiger charge is -2.23. The van der Waals surface area contributed by atoms with Gasteiger partial charge in [0.05, 0.1) is 14.2 Å². The van der Waals surface area contributed by atoms with Gasteiger partial charge in [0.15, 0.2) is 6.04 Å². The van der Waals surface area contributed by atoms with Gasteiger partial charge in [-0.25, -0.2) is 0 Å². The summed E-state index contributed by atoms with van der Waals surface area (Å²) in [6, 6.07) is 9.50. The number of carbonyl (C=O) groups is 1. The van der Waals surface area contributed by atoms with Gasteiger partial charge in [0.1, 0.15) is 12.3 Å². The zero-order valence-electron chi connectivity index (χ0n) is 16.4. The third kappa shape index (κ3) is 4.77. The fourth-order valence-electron chi connectivity index (χ4n) is 3.17. The first-order chi connectivity index (χ1) is 12.2. The van der Waals surface area contributed by atoms with Crippen LogP contribution in [0.3, 0.4) is 0 Å². The molecule has 0 aliphatic heterocycles. The average molecular weight is 376 g/mol. The normalized spacial score (nSPS) is 13.2. The number of carbonyl (C=O) groups excluding carboxylic acids is 1. The van der Waals surface area contributed by atoms with Crippen molar-refractivity contribution in [3.63, 3.8) is 0 Å². The van der Waals surface area contributed by atoms with E-state index in [-0.39, 0.29) is 11.9 Å². The van der Waals surface area contributed by atoms with E-state index >= 15 is 0 Å². The maximum Gasteiger partial charge on any atom is 0.282 e. The number of aryl methyl sites for hydroxylation is 3. The molecule has 2 aromatic rings. The minimum Gasteiger partial charge on any atom is -0.496 e. The molecule has 140 valence electrons. The number of hydrogen-bond donors (Lipinski definition) is 2. The second-order valence-corrected chi connectivity index (χ2v) is 7.40. The molecule has 26 heavy (non-hydrogen) atoms. The summed E-state index contributed by atoms with van der Waals surface area (Å²) in [5.74, 6) is 0.783. The molecular formula is C21H28ClN2O2+. The highest BCUT2D eigenvalue weighted by Crippen LogP contribution is 2.23. The smallest absolute Gasteiger partial charge is 0.282 e. The summed E-state index contributed by atoms with van der Waals surface area (Å²) >= 11 is 6.11. The van der Waals surface area contributed by atoms with Crippen LogP contribution in [-0.4, -0.2) is 26.1 Å². The van der Waals surface area contributed by atoms with E-state index < -0.39 is 0 Å². The molecule has 1 unspecified atom stereocenters. The van der Waals surface area contributed by atoms with Crippen LogP contribution in [0, 0.1) is 20.8 Å². The summed E-state index contributed by atoms with van der Waals surface area (Å²) in [5.41, 5.74) is 5.25. The number of quaternary nitrogens is 1. The quantitative estimate of drug-likeness (QED) is 0.813. The Morgan fingerprint density at radius 2 is 1.81 bits per heavy atom. The van der Waals surface area contributed by atoms with Gasteiger partial charge >= 0.3 is 0 Å². The summed E-state index contributed by atoms with van der Waals surface area (Å²) in [4.78, 5) is 13.8. The average Bonchev–Trinajstić information content (AvgIpc) is 2.57. The largest absolute Gasteiger partial charge is 0.496 e. The Bertz CT molecular complexity index is 782. The Morgan fingerprint density at radius 1 is 1.19 bits per heavy atom. The van der Waals surface area contributed by atoms with Crippen molar-refractivity contribution < 1.29 is 14.4 Å². The number of nitrogens with one attached hydrogen (secondary N) is 2. The predicted molar refractivity (Wildman–Crippen MR) is 107 cm³/mol. The lowest BCUT2D eigenvalue weighted by atomic mass is 10.0. The highest BCUT2D eigenvalue weighted by Gasteiger charge is 2.24. The third-order valence-corrected chi connectivity index (χ3v) is 5.00. The van der Waals surface area contributed by atoms with Crippen LogP contribution >= 0.6 is 11.6 Å². The van der Waals surface area contributed by atoms with Crippen molar-refractivity contribution in [1.82, 2.24) is 0 Å². The lowest BCUT2D eigenvalue weighted by molar-refractivity contribution is -0.907. The molecule has 1 amide bonds. The summed E-state index contributed by atoms with van der Waals surface area (Å²) in [6.07, 6.45) is 0. The third-order valence-electron chi connectivity index (χ3n) is 4.77. The molecule has 0 aliphatic carbocycles.